The minimum atomic E-state index is -1.53. The van der Waals surface area contributed by atoms with Crippen LogP contribution in [0.5, 0.6) is 0 Å². The Morgan fingerprint density at radius 2 is 1.58 bits per heavy atom. The minimum Gasteiger partial charge on any atom is -0.308 e. The molecule has 19 heavy (non-hydrogen) atoms. The maximum atomic E-state index is 11.6. The highest BCUT2D eigenvalue weighted by Crippen LogP contribution is 2.35. The lowest BCUT2D eigenvalue weighted by molar-refractivity contribution is -0.118. The Morgan fingerprint density at radius 3 is 2.11 bits per heavy atom. The number of hydrogen-bond donors (Lipinski definition) is 0. The van der Waals surface area contributed by atoms with Crippen molar-refractivity contribution >= 4 is 26.6 Å². The van der Waals surface area contributed by atoms with E-state index in [1.165, 1.54) is 0 Å². The van der Waals surface area contributed by atoms with Crippen molar-refractivity contribution in [3.05, 3.63) is 70.7 Å². The van der Waals surface area contributed by atoms with E-state index < -0.39 is 14.3 Å². The lowest BCUT2D eigenvalue weighted by Crippen LogP contribution is -2.30. The summed E-state index contributed by atoms with van der Waals surface area (Å²) in [4.78, 5) is 11.6. The molecule has 0 bridgehead atoms. The summed E-state index contributed by atoms with van der Waals surface area (Å²) in [5.74, 6) is 0. The van der Waals surface area contributed by atoms with Gasteiger partial charge in [-0.3, -0.25) is 9.36 Å². The van der Waals surface area contributed by atoms with Gasteiger partial charge in [-0.15, -0.1) is 0 Å². The average molecular weight is 295 g/mol. The standard InChI is InChI=1S/C14H12ClO3P/c15-13-8-6-12(7-9-13)14(10-16,18-19-17)11-4-2-1-3-5-11/h1-10H,19H2. The summed E-state index contributed by atoms with van der Waals surface area (Å²) < 4.78 is 16.3. The van der Waals surface area contributed by atoms with Crippen LogP contribution in [0.3, 0.4) is 0 Å². The molecule has 0 aliphatic heterocycles. The fourth-order valence-electron chi connectivity index (χ4n) is 1.93. The number of rotatable bonds is 5. The predicted molar refractivity (Wildman–Crippen MR) is 76.2 cm³/mol. The van der Waals surface area contributed by atoms with E-state index in [0.29, 0.717) is 22.4 Å². The van der Waals surface area contributed by atoms with Crippen molar-refractivity contribution < 1.29 is 13.9 Å². The fraction of sp³-hybridized carbons (Fsp3) is 0.0714. The van der Waals surface area contributed by atoms with Crippen molar-refractivity contribution in [2.75, 3.05) is 0 Å². The van der Waals surface area contributed by atoms with E-state index >= 15 is 0 Å². The molecule has 0 saturated carbocycles. The molecule has 2 atom stereocenters. The molecule has 0 radical (unpaired) electrons. The van der Waals surface area contributed by atoms with Gasteiger partial charge in [0.25, 0.3) is 0 Å². The summed E-state index contributed by atoms with van der Waals surface area (Å²) in [5.41, 5.74) is -0.111. The molecule has 0 heterocycles. The van der Waals surface area contributed by atoms with E-state index in [1.807, 2.05) is 6.07 Å². The molecule has 2 aromatic rings. The summed E-state index contributed by atoms with van der Waals surface area (Å²) in [6.45, 7) is 0. The Morgan fingerprint density at radius 1 is 1.00 bits per heavy atom. The van der Waals surface area contributed by atoms with Crippen LogP contribution in [-0.2, 0) is 19.5 Å². The van der Waals surface area contributed by atoms with Crippen LogP contribution in [0, 0.1) is 0 Å². The molecule has 2 aromatic carbocycles. The van der Waals surface area contributed by atoms with Gasteiger partial charge in [-0.2, -0.15) is 0 Å². The van der Waals surface area contributed by atoms with E-state index in [4.69, 9.17) is 16.1 Å². The van der Waals surface area contributed by atoms with Gasteiger partial charge >= 0.3 is 0 Å². The second-order valence-corrected chi connectivity index (χ2v) is 4.81. The molecule has 0 aliphatic carbocycles. The second kappa shape index (κ2) is 6.16. The van der Waals surface area contributed by atoms with Crippen molar-refractivity contribution in [3.63, 3.8) is 0 Å². The number of hydrogen-bond acceptors (Lipinski definition) is 3. The summed E-state index contributed by atoms with van der Waals surface area (Å²) >= 11 is 5.84. The lowest BCUT2D eigenvalue weighted by atomic mass is 9.88. The quantitative estimate of drug-likeness (QED) is 0.626. The number of carbonyl (C=O) groups is 1. The van der Waals surface area contributed by atoms with Gasteiger partial charge in [0.15, 0.2) is 20.6 Å². The zero-order valence-electron chi connectivity index (χ0n) is 9.95. The maximum Gasteiger partial charge on any atom is 0.181 e. The molecule has 0 N–H and O–H groups in total. The molecule has 0 spiro atoms. The van der Waals surface area contributed by atoms with Crippen molar-refractivity contribution in [2.24, 2.45) is 0 Å². The summed E-state index contributed by atoms with van der Waals surface area (Å²) in [6.07, 6.45) is 0.663. The SMILES string of the molecule is O=CC(O[PH2]=O)(c1ccccc1)c1ccc(Cl)cc1. The molecule has 0 aliphatic rings. The Bertz CT molecular complexity index is 571. The highest BCUT2D eigenvalue weighted by molar-refractivity contribution is 7.17. The van der Waals surface area contributed by atoms with Crippen LogP contribution >= 0.6 is 20.3 Å². The zero-order valence-corrected chi connectivity index (χ0v) is 11.9. The number of aldehydes is 1. The largest absolute Gasteiger partial charge is 0.308 e. The molecule has 5 heteroatoms. The van der Waals surface area contributed by atoms with Crippen LogP contribution < -0.4 is 0 Å². The molecule has 0 saturated heterocycles. The van der Waals surface area contributed by atoms with Gasteiger partial charge in [-0.05, 0) is 23.3 Å². The summed E-state index contributed by atoms with van der Waals surface area (Å²) in [6, 6.07) is 15.7. The number of benzene rings is 2. The summed E-state index contributed by atoms with van der Waals surface area (Å²) in [7, 11) is -1.53. The first-order valence-corrected chi connectivity index (χ1v) is 6.94. The molecule has 0 aromatic heterocycles. The Labute approximate surface area is 117 Å². The van der Waals surface area contributed by atoms with Gasteiger partial charge in [0, 0.05) is 5.02 Å². The molecule has 3 nitrogen and oxygen atoms in total. The number of halogens is 1. The third-order valence-corrected chi connectivity index (χ3v) is 3.60. The van der Waals surface area contributed by atoms with Gasteiger partial charge in [0.1, 0.15) is 0 Å². The first kappa shape index (κ1) is 14.0. The third-order valence-electron chi connectivity index (χ3n) is 2.88. The molecule has 0 fully saturated rings. The van der Waals surface area contributed by atoms with E-state index in [0.717, 1.165) is 0 Å². The monoisotopic (exact) mass is 294 g/mol. The smallest absolute Gasteiger partial charge is 0.181 e. The average Bonchev–Trinajstić information content (AvgIpc) is 2.47. The zero-order chi connectivity index (χ0) is 13.7. The van der Waals surface area contributed by atoms with E-state index in [9.17, 15) is 9.36 Å². The first-order chi connectivity index (χ1) is 9.23. The Kier molecular flexibility index (Phi) is 4.54. The van der Waals surface area contributed by atoms with Gasteiger partial charge < -0.3 is 4.52 Å². The molecular weight excluding hydrogens is 283 g/mol. The van der Waals surface area contributed by atoms with E-state index in [-0.39, 0.29) is 0 Å². The van der Waals surface area contributed by atoms with E-state index in [2.05, 4.69) is 0 Å². The predicted octanol–water partition coefficient (Wildman–Crippen LogP) is 3.47. The molecule has 98 valence electrons. The van der Waals surface area contributed by atoms with Crippen molar-refractivity contribution in [3.8, 4) is 0 Å². The highest BCUT2D eigenvalue weighted by atomic mass is 35.5. The van der Waals surface area contributed by atoms with Gasteiger partial charge in [-0.25, -0.2) is 0 Å². The van der Waals surface area contributed by atoms with Crippen molar-refractivity contribution in [1.29, 1.82) is 0 Å². The molecular formula is C14H12ClO3P. The van der Waals surface area contributed by atoms with Crippen molar-refractivity contribution in [1.82, 2.24) is 0 Å². The first-order valence-electron chi connectivity index (χ1n) is 5.62. The molecule has 0 amide bonds. The Balaban J connectivity index is 2.60. The van der Waals surface area contributed by atoms with Crippen molar-refractivity contribution in [2.45, 2.75) is 5.60 Å². The van der Waals surface area contributed by atoms with E-state index in [1.54, 1.807) is 48.5 Å². The second-order valence-electron chi connectivity index (χ2n) is 3.94. The van der Waals surface area contributed by atoms with Crippen LogP contribution in [0.15, 0.2) is 54.6 Å². The third kappa shape index (κ3) is 2.79. The van der Waals surface area contributed by atoms with Gasteiger partial charge in [0.2, 0.25) is 0 Å². The highest BCUT2D eigenvalue weighted by Gasteiger charge is 2.35. The van der Waals surface area contributed by atoms with Gasteiger partial charge in [-0.1, -0.05) is 54.1 Å². The topological polar surface area (TPSA) is 43.4 Å². The molecule has 2 rings (SSSR count). The normalized spacial score (nSPS) is 14.4. The van der Waals surface area contributed by atoms with Crippen LogP contribution in [-0.4, -0.2) is 6.29 Å². The number of carbonyl (C=O) groups excluding carboxylic acids is 1. The van der Waals surface area contributed by atoms with Gasteiger partial charge in [0.05, 0.1) is 0 Å². The minimum absolute atomic E-state index is 0.561. The van der Waals surface area contributed by atoms with Crippen LogP contribution in [0.2, 0.25) is 5.02 Å². The lowest BCUT2D eigenvalue weighted by Gasteiger charge is -2.27. The van der Waals surface area contributed by atoms with Crippen LogP contribution in [0.25, 0.3) is 0 Å². The Hall–Kier alpha value is -1.41. The maximum absolute atomic E-state index is 11.6. The molecule has 2 unspecified atom stereocenters. The van der Waals surface area contributed by atoms with Crippen LogP contribution in [0.1, 0.15) is 11.1 Å². The summed E-state index contributed by atoms with van der Waals surface area (Å²) in [5, 5.41) is 0.561. The fourth-order valence-corrected chi connectivity index (χ4v) is 2.53. The van der Waals surface area contributed by atoms with Crippen LogP contribution in [0.4, 0.5) is 0 Å².